The van der Waals surface area contributed by atoms with Gasteiger partial charge in [-0.1, -0.05) is 0 Å². The number of pyridine rings is 1. The molecule has 1 aromatic rings. The van der Waals surface area contributed by atoms with E-state index in [0.717, 1.165) is 0 Å². The van der Waals surface area contributed by atoms with Gasteiger partial charge in [0.05, 0.1) is 25.4 Å². The Morgan fingerprint density at radius 1 is 1.59 bits per heavy atom. The molecule has 94 valence electrons. The Morgan fingerprint density at radius 2 is 2.35 bits per heavy atom. The Hall–Kier alpha value is -1.20. The molecule has 1 fully saturated rings. The van der Waals surface area contributed by atoms with Gasteiger partial charge in [-0.25, -0.2) is 9.37 Å². The van der Waals surface area contributed by atoms with Crippen LogP contribution >= 0.6 is 0 Å². The summed E-state index contributed by atoms with van der Waals surface area (Å²) in [5.41, 5.74) is 0.279. The van der Waals surface area contributed by atoms with Gasteiger partial charge in [0, 0.05) is 18.3 Å². The molecule has 2 unspecified atom stereocenters. The molecular formula is C12H17FN2O2. The fourth-order valence-corrected chi connectivity index (χ4v) is 1.99. The van der Waals surface area contributed by atoms with Crippen LogP contribution in [0.15, 0.2) is 12.3 Å². The number of aromatic nitrogens is 1. The largest absolute Gasteiger partial charge is 0.392 e. The highest BCUT2D eigenvalue weighted by atomic mass is 19.1. The van der Waals surface area contributed by atoms with Crippen LogP contribution in [0.3, 0.4) is 0 Å². The molecular weight excluding hydrogens is 223 g/mol. The molecule has 0 amide bonds. The van der Waals surface area contributed by atoms with Gasteiger partial charge in [0.1, 0.15) is 0 Å². The van der Waals surface area contributed by atoms with Crippen LogP contribution in [0.25, 0.3) is 0 Å². The first-order valence-electron chi connectivity index (χ1n) is 5.76. The Bertz CT molecular complexity index is 400. The van der Waals surface area contributed by atoms with Gasteiger partial charge in [0.25, 0.3) is 0 Å². The molecule has 0 saturated carbocycles. The lowest BCUT2D eigenvalue weighted by Crippen LogP contribution is -2.48. The van der Waals surface area contributed by atoms with Crippen molar-refractivity contribution in [2.45, 2.75) is 32.6 Å². The lowest BCUT2D eigenvalue weighted by atomic mass is 10.2. The maximum Gasteiger partial charge on any atom is 0.171 e. The van der Waals surface area contributed by atoms with Crippen molar-refractivity contribution < 1.29 is 14.2 Å². The number of anilines is 1. The maximum atomic E-state index is 14.1. The Labute approximate surface area is 100 Å². The smallest absolute Gasteiger partial charge is 0.171 e. The zero-order valence-electron chi connectivity index (χ0n) is 10.1. The molecule has 2 heterocycles. The molecule has 0 radical (unpaired) electrons. The summed E-state index contributed by atoms with van der Waals surface area (Å²) in [6.45, 7) is 4.78. The second kappa shape index (κ2) is 4.98. The molecule has 17 heavy (non-hydrogen) atoms. The molecule has 1 aliphatic heterocycles. The second-order valence-electron chi connectivity index (χ2n) is 4.41. The number of morpholine rings is 1. The van der Waals surface area contributed by atoms with Crippen molar-refractivity contribution in [3.05, 3.63) is 23.6 Å². The van der Waals surface area contributed by atoms with E-state index < -0.39 is 5.82 Å². The van der Waals surface area contributed by atoms with E-state index in [2.05, 4.69) is 4.98 Å². The maximum absolute atomic E-state index is 14.1. The number of rotatable bonds is 2. The van der Waals surface area contributed by atoms with E-state index in [1.807, 2.05) is 18.7 Å². The predicted molar refractivity (Wildman–Crippen MR) is 62.3 cm³/mol. The van der Waals surface area contributed by atoms with E-state index >= 15 is 0 Å². The standard InChI is InChI=1S/C12H17FN2O2/c1-8-7-17-9(2)5-15(8)12-11(13)10(6-16)3-4-14-12/h3-4,8-9,16H,5-7H2,1-2H3. The van der Waals surface area contributed by atoms with Crippen molar-refractivity contribution in [1.82, 2.24) is 4.98 Å². The van der Waals surface area contributed by atoms with E-state index in [-0.39, 0.29) is 24.3 Å². The van der Waals surface area contributed by atoms with Crippen LogP contribution in [0.5, 0.6) is 0 Å². The summed E-state index contributed by atoms with van der Waals surface area (Å²) in [5, 5.41) is 9.05. The minimum atomic E-state index is -0.434. The quantitative estimate of drug-likeness (QED) is 0.847. The number of halogens is 1. The van der Waals surface area contributed by atoms with E-state index in [1.54, 1.807) is 0 Å². The summed E-state index contributed by atoms with van der Waals surface area (Å²) in [4.78, 5) is 5.97. The van der Waals surface area contributed by atoms with Crippen molar-refractivity contribution >= 4 is 5.82 Å². The summed E-state index contributed by atoms with van der Waals surface area (Å²) in [5.74, 6) is -0.129. The van der Waals surface area contributed by atoms with Gasteiger partial charge in [0.2, 0.25) is 0 Å². The van der Waals surface area contributed by atoms with Crippen molar-refractivity contribution in [3.63, 3.8) is 0 Å². The van der Waals surface area contributed by atoms with E-state index in [4.69, 9.17) is 9.84 Å². The highest BCUT2D eigenvalue weighted by Gasteiger charge is 2.27. The lowest BCUT2D eigenvalue weighted by molar-refractivity contribution is 0.0337. The SMILES string of the molecule is CC1CN(c2nccc(CO)c2F)C(C)CO1. The third-order valence-electron chi connectivity index (χ3n) is 3.00. The molecule has 0 aromatic carbocycles. The highest BCUT2D eigenvalue weighted by molar-refractivity contribution is 5.44. The third-order valence-corrected chi connectivity index (χ3v) is 3.00. The van der Waals surface area contributed by atoms with Gasteiger partial charge in [0.15, 0.2) is 11.6 Å². The van der Waals surface area contributed by atoms with Crippen LogP contribution in [0, 0.1) is 5.82 Å². The molecule has 2 rings (SSSR count). The highest BCUT2D eigenvalue weighted by Crippen LogP contribution is 2.24. The molecule has 1 N–H and O–H groups in total. The van der Waals surface area contributed by atoms with Gasteiger partial charge in [-0.15, -0.1) is 0 Å². The van der Waals surface area contributed by atoms with E-state index in [0.29, 0.717) is 19.0 Å². The fourth-order valence-electron chi connectivity index (χ4n) is 1.99. The summed E-state index contributed by atoms with van der Waals surface area (Å²) in [6.07, 6.45) is 1.58. The molecule has 1 saturated heterocycles. The summed E-state index contributed by atoms with van der Waals surface area (Å²) < 4.78 is 19.5. The molecule has 0 aliphatic carbocycles. The Morgan fingerprint density at radius 3 is 3.06 bits per heavy atom. The fraction of sp³-hybridized carbons (Fsp3) is 0.583. The number of ether oxygens (including phenoxy) is 1. The first kappa shape index (κ1) is 12.3. The minimum absolute atomic E-state index is 0.0604. The summed E-state index contributed by atoms with van der Waals surface area (Å²) in [6, 6.07) is 1.58. The van der Waals surface area contributed by atoms with Crippen LogP contribution < -0.4 is 4.90 Å². The topological polar surface area (TPSA) is 45.6 Å². The Kier molecular flexibility index (Phi) is 3.59. The number of hydrogen-bond acceptors (Lipinski definition) is 4. The monoisotopic (exact) mass is 240 g/mol. The van der Waals surface area contributed by atoms with Crippen LogP contribution in [0.2, 0.25) is 0 Å². The number of nitrogens with zero attached hydrogens (tertiary/aromatic N) is 2. The zero-order valence-corrected chi connectivity index (χ0v) is 10.1. The lowest BCUT2D eigenvalue weighted by Gasteiger charge is -2.37. The zero-order chi connectivity index (χ0) is 12.4. The minimum Gasteiger partial charge on any atom is -0.392 e. The van der Waals surface area contributed by atoms with Gasteiger partial charge < -0.3 is 14.7 Å². The number of hydrogen-bond donors (Lipinski definition) is 1. The summed E-state index contributed by atoms with van der Waals surface area (Å²) in [7, 11) is 0. The van der Waals surface area contributed by atoms with Crippen molar-refractivity contribution in [2.75, 3.05) is 18.1 Å². The first-order valence-corrected chi connectivity index (χ1v) is 5.76. The Balaban J connectivity index is 2.32. The average Bonchev–Trinajstić information content (AvgIpc) is 2.33. The molecule has 1 aromatic heterocycles. The molecule has 5 heteroatoms. The molecule has 1 aliphatic rings. The van der Waals surface area contributed by atoms with Gasteiger partial charge >= 0.3 is 0 Å². The van der Waals surface area contributed by atoms with Gasteiger partial charge in [-0.2, -0.15) is 0 Å². The van der Waals surface area contributed by atoms with Crippen LogP contribution in [0.1, 0.15) is 19.4 Å². The first-order chi connectivity index (χ1) is 8.13. The average molecular weight is 240 g/mol. The normalized spacial score (nSPS) is 25.1. The van der Waals surface area contributed by atoms with Crippen molar-refractivity contribution in [3.8, 4) is 0 Å². The molecule has 0 bridgehead atoms. The van der Waals surface area contributed by atoms with Crippen LogP contribution in [-0.4, -0.2) is 35.4 Å². The van der Waals surface area contributed by atoms with Crippen LogP contribution in [-0.2, 0) is 11.3 Å². The molecule has 4 nitrogen and oxygen atoms in total. The molecule has 2 atom stereocenters. The van der Waals surface area contributed by atoms with E-state index in [9.17, 15) is 4.39 Å². The second-order valence-corrected chi connectivity index (χ2v) is 4.41. The van der Waals surface area contributed by atoms with Crippen LogP contribution in [0.4, 0.5) is 10.2 Å². The number of aliphatic hydroxyl groups excluding tert-OH is 1. The van der Waals surface area contributed by atoms with Crippen molar-refractivity contribution in [1.29, 1.82) is 0 Å². The summed E-state index contributed by atoms with van der Waals surface area (Å²) >= 11 is 0. The predicted octanol–water partition coefficient (Wildman–Crippen LogP) is 1.33. The van der Waals surface area contributed by atoms with Crippen molar-refractivity contribution in [2.24, 2.45) is 0 Å². The van der Waals surface area contributed by atoms with Gasteiger partial charge in [-0.05, 0) is 19.9 Å². The number of aliphatic hydroxyl groups is 1. The van der Waals surface area contributed by atoms with E-state index in [1.165, 1.54) is 12.3 Å². The van der Waals surface area contributed by atoms with Gasteiger partial charge in [-0.3, -0.25) is 0 Å². The molecule has 0 spiro atoms. The third kappa shape index (κ3) is 2.40.